The number of amides is 1. The van der Waals surface area contributed by atoms with Crippen molar-refractivity contribution in [3.63, 3.8) is 0 Å². The minimum absolute atomic E-state index is 0. The van der Waals surface area contributed by atoms with Crippen molar-refractivity contribution in [3.8, 4) is 5.75 Å². The minimum Gasteiger partial charge on any atom is -0.406 e. The quantitative estimate of drug-likeness (QED) is 0.393. The highest BCUT2D eigenvalue weighted by molar-refractivity contribution is 14.0. The molecule has 0 unspecified atom stereocenters. The molecule has 0 radical (unpaired) electrons. The normalized spacial score (nSPS) is 14.8. The van der Waals surface area contributed by atoms with E-state index in [1.165, 1.54) is 24.3 Å². The van der Waals surface area contributed by atoms with Gasteiger partial charge in [-0.15, -0.1) is 37.1 Å². The third-order valence-electron chi connectivity index (χ3n) is 3.43. The Bertz CT molecular complexity index is 587. The van der Waals surface area contributed by atoms with Gasteiger partial charge >= 0.3 is 6.36 Å². The van der Waals surface area contributed by atoms with Gasteiger partial charge in [0.1, 0.15) is 5.75 Å². The van der Waals surface area contributed by atoms with E-state index in [-0.39, 0.29) is 54.6 Å². The molecule has 1 aromatic rings. The smallest absolute Gasteiger partial charge is 0.406 e. The molecule has 0 atom stereocenters. The van der Waals surface area contributed by atoms with Crippen LogP contribution in [0.25, 0.3) is 0 Å². The number of guanidine groups is 1. The SMILES string of the molecule is I.NC(=NCCC(=O)N1CCCC1)Nc1ccc(OC(F)(F)F)cc1. The summed E-state index contributed by atoms with van der Waals surface area (Å²) in [5, 5.41) is 2.74. The molecule has 0 bridgehead atoms. The van der Waals surface area contributed by atoms with Crippen LogP contribution in [0.5, 0.6) is 5.75 Å². The number of ether oxygens (including phenoxy) is 1. The fourth-order valence-corrected chi connectivity index (χ4v) is 2.32. The number of nitrogens with two attached hydrogens (primary N) is 1. The molecule has 0 aromatic heterocycles. The van der Waals surface area contributed by atoms with Crippen LogP contribution < -0.4 is 15.8 Å². The maximum atomic E-state index is 12.1. The molecule has 6 nitrogen and oxygen atoms in total. The largest absolute Gasteiger partial charge is 0.573 e. The Hall–Kier alpha value is -1.72. The third-order valence-corrected chi connectivity index (χ3v) is 3.43. The molecule has 1 amide bonds. The van der Waals surface area contributed by atoms with Gasteiger partial charge < -0.3 is 20.7 Å². The average Bonchev–Trinajstić information content (AvgIpc) is 3.02. The highest BCUT2D eigenvalue weighted by Crippen LogP contribution is 2.23. The van der Waals surface area contributed by atoms with Gasteiger partial charge in [-0.3, -0.25) is 9.79 Å². The number of carbonyl (C=O) groups excluding carboxylic acids is 1. The van der Waals surface area contributed by atoms with Crippen molar-refractivity contribution in [3.05, 3.63) is 24.3 Å². The second-order valence-electron chi connectivity index (χ2n) is 5.30. The van der Waals surface area contributed by atoms with Gasteiger partial charge in [-0.2, -0.15) is 0 Å². The monoisotopic (exact) mass is 472 g/mol. The number of hydrogen-bond donors (Lipinski definition) is 2. The van der Waals surface area contributed by atoms with Crippen LogP contribution in [0.1, 0.15) is 19.3 Å². The molecule has 140 valence electrons. The van der Waals surface area contributed by atoms with Gasteiger partial charge in [0.25, 0.3) is 0 Å². The van der Waals surface area contributed by atoms with Gasteiger partial charge in [0.2, 0.25) is 5.91 Å². The van der Waals surface area contributed by atoms with E-state index in [0.29, 0.717) is 5.69 Å². The van der Waals surface area contributed by atoms with Gasteiger partial charge in [0.05, 0.1) is 6.54 Å². The summed E-state index contributed by atoms with van der Waals surface area (Å²) in [6, 6.07) is 5.11. The summed E-state index contributed by atoms with van der Waals surface area (Å²) in [6.07, 6.45) is -2.38. The molecule has 1 aromatic carbocycles. The third kappa shape index (κ3) is 7.80. The van der Waals surface area contributed by atoms with E-state index < -0.39 is 6.36 Å². The molecule has 1 aliphatic rings. The summed E-state index contributed by atoms with van der Waals surface area (Å²) in [4.78, 5) is 17.7. The first kappa shape index (κ1) is 21.3. The Kier molecular flexibility index (Phi) is 8.26. The highest BCUT2D eigenvalue weighted by atomic mass is 127. The molecule has 1 saturated heterocycles. The molecule has 10 heteroatoms. The van der Waals surface area contributed by atoms with Crippen LogP contribution in [-0.2, 0) is 4.79 Å². The zero-order chi connectivity index (χ0) is 17.6. The molecule has 0 aliphatic carbocycles. The number of nitrogens with zero attached hydrogens (tertiary/aromatic N) is 2. The Morgan fingerprint density at radius 2 is 1.84 bits per heavy atom. The van der Waals surface area contributed by atoms with E-state index in [0.717, 1.165) is 25.9 Å². The first-order valence-corrected chi connectivity index (χ1v) is 7.54. The van der Waals surface area contributed by atoms with Crippen LogP contribution in [0, 0.1) is 0 Å². The van der Waals surface area contributed by atoms with Gasteiger partial charge in [-0.1, -0.05) is 0 Å². The number of benzene rings is 1. The molecule has 1 fully saturated rings. The van der Waals surface area contributed by atoms with Gasteiger partial charge in [0.15, 0.2) is 5.96 Å². The second-order valence-corrected chi connectivity index (χ2v) is 5.30. The van der Waals surface area contributed by atoms with E-state index in [2.05, 4.69) is 15.0 Å². The number of alkyl halides is 3. The molecule has 0 spiro atoms. The van der Waals surface area contributed by atoms with Gasteiger partial charge in [-0.05, 0) is 37.1 Å². The Labute approximate surface area is 160 Å². The van der Waals surface area contributed by atoms with Crippen molar-refractivity contribution in [1.29, 1.82) is 0 Å². The lowest BCUT2D eigenvalue weighted by Gasteiger charge is -2.14. The molecular formula is C15H20F3IN4O2. The Morgan fingerprint density at radius 1 is 1.24 bits per heavy atom. The number of likely N-dealkylation sites (tertiary alicyclic amines) is 1. The fourth-order valence-electron chi connectivity index (χ4n) is 2.32. The van der Waals surface area contributed by atoms with Crippen molar-refractivity contribution in [2.45, 2.75) is 25.6 Å². The molecule has 25 heavy (non-hydrogen) atoms. The van der Waals surface area contributed by atoms with Crippen molar-refractivity contribution in [1.82, 2.24) is 4.90 Å². The highest BCUT2D eigenvalue weighted by Gasteiger charge is 2.30. The standard InChI is InChI=1S/C15H19F3N4O2.HI/c16-15(17,18)24-12-5-3-11(4-6-12)21-14(19)20-8-7-13(23)22-9-1-2-10-22;/h3-6H,1-2,7-10H2,(H3,19,20,21);1H. The first-order chi connectivity index (χ1) is 11.3. The van der Waals surface area contributed by atoms with Crippen molar-refractivity contribution in [2.24, 2.45) is 10.7 Å². The zero-order valence-electron chi connectivity index (χ0n) is 13.4. The van der Waals surface area contributed by atoms with Crippen LogP contribution in [0.2, 0.25) is 0 Å². The maximum Gasteiger partial charge on any atom is 0.573 e. The van der Waals surface area contributed by atoms with E-state index in [1.54, 1.807) is 4.90 Å². The number of rotatable bonds is 5. The lowest BCUT2D eigenvalue weighted by atomic mass is 10.3. The Morgan fingerprint density at radius 3 is 2.40 bits per heavy atom. The van der Waals surface area contributed by atoms with Crippen molar-refractivity contribution < 1.29 is 22.7 Å². The number of nitrogens with one attached hydrogen (secondary N) is 1. The Balaban J connectivity index is 0.00000312. The number of aliphatic imine (C=N–C) groups is 1. The summed E-state index contributed by atoms with van der Waals surface area (Å²) in [7, 11) is 0. The van der Waals surface area contributed by atoms with E-state index in [1.807, 2.05) is 0 Å². The number of anilines is 1. The first-order valence-electron chi connectivity index (χ1n) is 7.54. The minimum atomic E-state index is -4.72. The van der Waals surface area contributed by atoms with Crippen LogP contribution in [-0.4, -0.2) is 42.8 Å². The fraction of sp³-hybridized carbons (Fsp3) is 0.467. The summed E-state index contributed by atoms with van der Waals surface area (Å²) in [5.41, 5.74) is 6.16. The lowest BCUT2D eigenvalue weighted by Crippen LogP contribution is -2.28. The second kappa shape index (κ2) is 9.68. The van der Waals surface area contributed by atoms with E-state index >= 15 is 0 Å². The van der Waals surface area contributed by atoms with Gasteiger partial charge in [0, 0.05) is 25.2 Å². The molecule has 1 aliphatic heterocycles. The average molecular weight is 472 g/mol. The summed E-state index contributed by atoms with van der Waals surface area (Å²) in [6.45, 7) is 1.84. The van der Waals surface area contributed by atoms with Crippen LogP contribution >= 0.6 is 24.0 Å². The molecule has 1 heterocycles. The van der Waals surface area contributed by atoms with E-state index in [4.69, 9.17) is 5.73 Å². The predicted molar refractivity (Wildman–Crippen MR) is 99.1 cm³/mol. The summed E-state index contributed by atoms with van der Waals surface area (Å²) < 4.78 is 40.0. The van der Waals surface area contributed by atoms with Crippen molar-refractivity contribution in [2.75, 3.05) is 25.0 Å². The molecule has 2 rings (SSSR count). The topological polar surface area (TPSA) is 80.0 Å². The maximum absolute atomic E-state index is 12.1. The number of halogens is 4. The summed E-state index contributed by atoms with van der Waals surface area (Å²) >= 11 is 0. The van der Waals surface area contributed by atoms with E-state index in [9.17, 15) is 18.0 Å². The predicted octanol–water partition coefficient (Wildman–Crippen LogP) is 2.94. The number of carbonyl (C=O) groups is 1. The van der Waals surface area contributed by atoms with Gasteiger partial charge in [-0.25, -0.2) is 0 Å². The number of hydrogen-bond acceptors (Lipinski definition) is 3. The molecule has 0 saturated carbocycles. The van der Waals surface area contributed by atoms with Crippen LogP contribution in [0.15, 0.2) is 29.3 Å². The summed E-state index contributed by atoms with van der Waals surface area (Å²) in [5.74, 6) is -0.175. The molecular weight excluding hydrogens is 452 g/mol. The zero-order valence-corrected chi connectivity index (χ0v) is 15.7. The lowest BCUT2D eigenvalue weighted by molar-refractivity contribution is -0.274. The van der Waals surface area contributed by atoms with Crippen LogP contribution in [0.3, 0.4) is 0 Å². The van der Waals surface area contributed by atoms with Crippen LogP contribution in [0.4, 0.5) is 18.9 Å². The molecule has 3 N–H and O–H groups in total. The van der Waals surface area contributed by atoms with Crippen molar-refractivity contribution >= 4 is 41.5 Å².